The molecule has 38 heavy (non-hydrogen) atoms. The van der Waals surface area contributed by atoms with Crippen molar-refractivity contribution >= 4 is 24.1 Å². The fraction of sp³-hybridized carbons (Fsp3) is 0.435. The van der Waals surface area contributed by atoms with Crippen molar-refractivity contribution in [1.29, 1.82) is 0 Å². The SMILES string of the molecule is C=CCOC(=O)O[C@@H]1[C@@H](OC(=O)OCC=C)[C@@H](OC)O[C@H](CO)[C@H]1OC(=O)Nc1ccc(C(F)(F)F)cc1. The minimum Gasteiger partial charge on any atom is -0.439 e. The number of carbonyl (C=O) groups is 3. The highest BCUT2D eigenvalue weighted by atomic mass is 19.4. The fourth-order valence-corrected chi connectivity index (χ4v) is 3.17. The Morgan fingerprint density at radius 3 is 2.00 bits per heavy atom. The molecule has 12 nitrogen and oxygen atoms in total. The van der Waals surface area contributed by atoms with E-state index >= 15 is 0 Å². The quantitative estimate of drug-likeness (QED) is 0.251. The van der Waals surface area contributed by atoms with E-state index in [2.05, 4.69) is 18.5 Å². The average molecular weight is 549 g/mol. The predicted octanol–water partition coefficient (Wildman–Crippen LogP) is 3.40. The van der Waals surface area contributed by atoms with Gasteiger partial charge in [-0.2, -0.15) is 13.2 Å². The lowest BCUT2D eigenvalue weighted by Gasteiger charge is -2.43. The van der Waals surface area contributed by atoms with Crippen LogP contribution in [0.3, 0.4) is 0 Å². The third-order valence-corrected chi connectivity index (χ3v) is 4.81. The molecule has 1 aromatic carbocycles. The van der Waals surface area contributed by atoms with Crippen molar-refractivity contribution < 1.29 is 65.8 Å². The van der Waals surface area contributed by atoms with Crippen molar-refractivity contribution in [2.24, 2.45) is 0 Å². The molecule has 1 saturated heterocycles. The number of aliphatic hydroxyl groups excluding tert-OH is 1. The number of aliphatic hydroxyl groups is 1. The van der Waals surface area contributed by atoms with Gasteiger partial charge >= 0.3 is 24.6 Å². The number of ether oxygens (including phenoxy) is 7. The van der Waals surface area contributed by atoms with E-state index in [-0.39, 0.29) is 18.9 Å². The molecule has 15 heteroatoms. The molecule has 1 aliphatic heterocycles. The van der Waals surface area contributed by atoms with Crippen LogP contribution in [0.1, 0.15) is 5.56 Å². The van der Waals surface area contributed by atoms with E-state index in [0.29, 0.717) is 0 Å². The van der Waals surface area contributed by atoms with Crippen molar-refractivity contribution in [3.63, 3.8) is 0 Å². The zero-order valence-electron chi connectivity index (χ0n) is 20.0. The summed E-state index contributed by atoms with van der Waals surface area (Å²) >= 11 is 0. The molecule has 5 atom stereocenters. The number of carbonyl (C=O) groups excluding carboxylic acids is 3. The van der Waals surface area contributed by atoms with E-state index < -0.39 is 67.5 Å². The maximum absolute atomic E-state index is 12.8. The largest absolute Gasteiger partial charge is 0.509 e. The summed E-state index contributed by atoms with van der Waals surface area (Å²) in [5.74, 6) is 0. The summed E-state index contributed by atoms with van der Waals surface area (Å²) in [6.45, 7) is 5.50. The Hall–Kier alpha value is -3.82. The Kier molecular flexibility index (Phi) is 11.4. The minimum atomic E-state index is -4.59. The lowest BCUT2D eigenvalue weighted by molar-refractivity contribution is -0.295. The van der Waals surface area contributed by atoms with E-state index in [1.807, 2.05) is 0 Å². The number of benzene rings is 1. The number of amides is 1. The standard InChI is InChI=1S/C23H26F3NO11/c1-4-10-33-21(30)37-17-16(36-20(29)27-14-8-6-13(7-9-14)23(24,25)26)15(12-28)35-19(32-3)18(17)38-22(31)34-11-5-2/h4-9,15-19,28H,1-2,10-12H2,3H3,(H,27,29)/t15-,16-,17+,18-,19+/m1/s1. The van der Waals surface area contributed by atoms with Crippen LogP contribution in [0, 0.1) is 0 Å². The number of nitrogens with one attached hydrogen (secondary N) is 1. The highest BCUT2D eigenvalue weighted by molar-refractivity contribution is 5.84. The summed E-state index contributed by atoms with van der Waals surface area (Å²) in [6, 6.07) is 3.43. The molecule has 0 spiro atoms. The van der Waals surface area contributed by atoms with Crippen LogP contribution in [0.15, 0.2) is 49.6 Å². The zero-order chi connectivity index (χ0) is 28.3. The van der Waals surface area contributed by atoms with Gasteiger partial charge in [0, 0.05) is 12.8 Å². The van der Waals surface area contributed by atoms with Crippen LogP contribution < -0.4 is 5.32 Å². The van der Waals surface area contributed by atoms with E-state index in [0.717, 1.165) is 31.4 Å². The number of halogens is 3. The van der Waals surface area contributed by atoms with Crippen LogP contribution in [0.2, 0.25) is 0 Å². The second-order valence-electron chi connectivity index (χ2n) is 7.40. The average Bonchev–Trinajstić information content (AvgIpc) is 2.87. The van der Waals surface area contributed by atoms with Crippen LogP contribution >= 0.6 is 0 Å². The third-order valence-electron chi connectivity index (χ3n) is 4.81. The number of hydrogen-bond donors (Lipinski definition) is 2. The molecule has 0 saturated carbocycles. The Morgan fingerprint density at radius 2 is 1.53 bits per heavy atom. The van der Waals surface area contributed by atoms with Crippen molar-refractivity contribution in [3.05, 3.63) is 55.1 Å². The molecule has 2 rings (SSSR count). The van der Waals surface area contributed by atoms with Crippen molar-refractivity contribution in [3.8, 4) is 0 Å². The van der Waals surface area contributed by atoms with E-state index in [4.69, 9.17) is 33.2 Å². The first-order valence-corrected chi connectivity index (χ1v) is 10.9. The second kappa shape index (κ2) is 14.2. The number of rotatable bonds is 10. The number of alkyl halides is 3. The number of methoxy groups -OCH3 is 1. The van der Waals surface area contributed by atoms with Gasteiger partial charge in [0.25, 0.3) is 0 Å². The molecular weight excluding hydrogens is 523 g/mol. The van der Waals surface area contributed by atoms with Gasteiger partial charge in [-0.25, -0.2) is 14.4 Å². The topological polar surface area (TPSA) is 148 Å². The number of anilines is 1. The Balaban J connectivity index is 2.30. The summed E-state index contributed by atoms with van der Waals surface area (Å²) in [7, 11) is 1.16. The lowest BCUT2D eigenvalue weighted by atomic mass is 9.98. The normalized spacial score (nSPS) is 22.9. The Morgan fingerprint density at radius 1 is 0.974 bits per heavy atom. The minimum absolute atomic E-state index is 0.0706. The van der Waals surface area contributed by atoms with Crippen LogP contribution in [-0.4, -0.2) is 81.1 Å². The van der Waals surface area contributed by atoms with Crippen LogP contribution in [-0.2, 0) is 39.3 Å². The Labute approximate surface area is 214 Å². The van der Waals surface area contributed by atoms with Crippen molar-refractivity contribution in [1.82, 2.24) is 0 Å². The first-order chi connectivity index (χ1) is 18.0. The van der Waals surface area contributed by atoms with E-state index in [1.54, 1.807) is 0 Å². The molecule has 1 amide bonds. The third kappa shape index (κ3) is 8.64. The van der Waals surface area contributed by atoms with Gasteiger partial charge in [-0.3, -0.25) is 5.32 Å². The summed E-state index contributed by atoms with van der Waals surface area (Å²) in [6.07, 6.45) is -13.5. The molecular formula is C23H26F3NO11. The smallest absolute Gasteiger partial charge is 0.439 e. The van der Waals surface area contributed by atoms with Gasteiger partial charge in [-0.1, -0.05) is 25.3 Å². The molecule has 0 radical (unpaired) electrons. The molecule has 0 aromatic heterocycles. The summed E-state index contributed by atoms with van der Waals surface area (Å²) in [5.41, 5.74) is -1.02. The second-order valence-corrected chi connectivity index (χ2v) is 7.40. The molecule has 1 heterocycles. The van der Waals surface area contributed by atoms with Gasteiger partial charge in [0.1, 0.15) is 19.3 Å². The summed E-state index contributed by atoms with van der Waals surface area (Å²) in [5, 5.41) is 12.0. The maximum atomic E-state index is 12.8. The highest BCUT2D eigenvalue weighted by Gasteiger charge is 2.53. The fourth-order valence-electron chi connectivity index (χ4n) is 3.17. The van der Waals surface area contributed by atoms with E-state index in [9.17, 15) is 32.7 Å². The van der Waals surface area contributed by atoms with Gasteiger partial charge in [0.15, 0.2) is 24.6 Å². The van der Waals surface area contributed by atoms with Crippen molar-refractivity contribution in [2.45, 2.75) is 36.9 Å². The molecule has 0 unspecified atom stereocenters. The monoisotopic (exact) mass is 549 g/mol. The molecule has 0 bridgehead atoms. The van der Waals surface area contributed by atoms with Crippen LogP contribution in [0.5, 0.6) is 0 Å². The van der Waals surface area contributed by atoms with Gasteiger partial charge < -0.3 is 38.3 Å². The van der Waals surface area contributed by atoms with Crippen molar-refractivity contribution in [2.75, 3.05) is 32.2 Å². The van der Waals surface area contributed by atoms with Gasteiger partial charge in [0.2, 0.25) is 0 Å². The lowest BCUT2D eigenvalue weighted by Crippen LogP contribution is -2.63. The van der Waals surface area contributed by atoms with Gasteiger partial charge in [-0.05, 0) is 24.3 Å². The first-order valence-electron chi connectivity index (χ1n) is 10.9. The number of hydrogen-bond acceptors (Lipinski definition) is 11. The molecule has 1 aromatic rings. The molecule has 1 aliphatic rings. The molecule has 1 fully saturated rings. The summed E-state index contributed by atoms with van der Waals surface area (Å²) in [4.78, 5) is 36.9. The summed E-state index contributed by atoms with van der Waals surface area (Å²) < 4.78 is 74.2. The van der Waals surface area contributed by atoms with Gasteiger partial charge in [-0.15, -0.1) is 0 Å². The Bertz CT molecular complexity index is 970. The van der Waals surface area contributed by atoms with E-state index in [1.165, 1.54) is 12.2 Å². The zero-order valence-corrected chi connectivity index (χ0v) is 20.0. The first kappa shape index (κ1) is 30.4. The molecule has 2 N–H and O–H groups in total. The van der Waals surface area contributed by atoms with Gasteiger partial charge in [0.05, 0.1) is 12.2 Å². The van der Waals surface area contributed by atoms with Crippen LogP contribution in [0.4, 0.5) is 33.2 Å². The predicted molar refractivity (Wildman–Crippen MR) is 121 cm³/mol. The maximum Gasteiger partial charge on any atom is 0.509 e. The molecule has 0 aliphatic carbocycles. The van der Waals surface area contributed by atoms with Crippen LogP contribution in [0.25, 0.3) is 0 Å². The molecule has 210 valence electrons. The highest BCUT2D eigenvalue weighted by Crippen LogP contribution is 2.31.